The fourth-order valence-electron chi connectivity index (χ4n) is 8.23. The fraction of sp³-hybridized carbons (Fsp3) is 0.127. The number of allylic oxidation sites excluding steroid dienone is 9. The Bertz CT molecular complexity index is 2400. The van der Waals surface area contributed by atoms with Crippen molar-refractivity contribution in [2.24, 2.45) is 5.73 Å². The van der Waals surface area contributed by atoms with Gasteiger partial charge in [-0.1, -0.05) is 186 Å². The van der Waals surface area contributed by atoms with Crippen LogP contribution in [-0.2, 0) is 5.41 Å². The van der Waals surface area contributed by atoms with Crippen molar-refractivity contribution in [3.8, 4) is 22.3 Å². The molecule has 5 aromatic rings. The van der Waals surface area contributed by atoms with Crippen LogP contribution in [0.4, 0.5) is 0 Å². The molecule has 5 aromatic carbocycles. The summed E-state index contributed by atoms with van der Waals surface area (Å²) in [6.45, 7) is 21.4. The zero-order chi connectivity index (χ0) is 41.5. The standard InChI is InChI=1S/C51H45NO.C2H5N.C2H6/c1-5-17-44(18-6-2)52-50(38-20-10-9-11-21-38)39-29-27-37(28-30-39)40-22-16-23-41(33-40)42-31-32-46-45-24-13-15-26-48(45)51(49(46)34-42,43(8-4)35-53)47-25-14-12-19-36(47)7-3;1-2-3;1-2/h5-27,29,31-35,50,52-53H,1,3-4,28,30H2,2H3;2H,1,3H2;1-2H3/b18-6-,43-35-,44-17+;;. The molecule has 2 aliphatic carbocycles. The molecule has 0 aromatic heterocycles. The first kappa shape index (κ1) is 42.3. The monoisotopic (exact) mass is 760 g/mol. The summed E-state index contributed by atoms with van der Waals surface area (Å²) in [5.74, 6) is 0. The van der Waals surface area contributed by atoms with Gasteiger partial charge in [0, 0.05) is 11.3 Å². The van der Waals surface area contributed by atoms with E-state index in [-0.39, 0.29) is 6.04 Å². The van der Waals surface area contributed by atoms with Gasteiger partial charge in [0.05, 0.1) is 17.7 Å². The number of hydrogen-bond donors (Lipinski definition) is 3. The zero-order valence-electron chi connectivity index (χ0n) is 34.2. The van der Waals surface area contributed by atoms with E-state index < -0.39 is 5.41 Å². The largest absolute Gasteiger partial charge is 0.515 e. The minimum Gasteiger partial charge on any atom is -0.515 e. The van der Waals surface area contributed by atoms with E-state index in [2.05, 4.69) is 171 Å². The molecule has 2 unspecified atom stereocenters. The van der Waals surface area contributed by atoms with Crippen LogP contribution in [0.25, 0.3) is 33.9 Å². The Hall–Kier alpha value is -6.84. The number of rotatable bonds is 12. The van der Waals surface area contributed by atoms with Crippen LogP contribution in [0, 0.1) is 0 Å². The summed E-state index contributed by atoms with van der Waals surface area (Å²) < 4.78 is 0. The summed E-state index contributed by atoms with van der Waals surface area (Å²) in [6.07, 6.45) is 20.6. The number of nitrogens with one attached hydrogen (secondary N) is 1. The average molecular weight is 761 g/mol. The first-order valence-electron chi connectivity index (χ1n) is 20.0. The number of aliphatic hydroxyl groups excluding tert-OH is 1. The lowest BCUT2D eigenvalue weighted by atomic mass is 9.66. The van der Waals surface area contributed by atoms with Gasteiger partial charge in [0.25, 0.3) is 0 Å². The maximum atomic E-state index is 10.8. The third kappa shape index (κ3) is 8.45. The number of nitrogens with two attached hydrogens (primary N) is 1. The number of hydrogen-bond acceptors (Lipinski definition) is 3. The van der Waals surface area contributed by atoms with Gasteiger partial charge in [0.2, 0.25) is 0 Å². The Morgan fingerprint density at radius 2 is 1.38 bits per heavy atom. The molecule has 3 heteroatoms. The molecule has 2 atom stereocenters. The Morgan fingerprint density at radius 3 is 2.03 bits per heavy atom. The SMILES string of the molecule is C=C/C=C(\C=C/C)NC(C1=CC=C(c2cccc(-c3ccc4c(c3)C(/C(C=C)=C\O)(c3ccccc3C=C)c3ccccc3-4)c2)CC1)c1ccccc1.C=CN.CC. The van der Waals surface area contributed by atoms with Crippen molar-refractivity contribution in [3.05, 3.63) is 253 Å². The second-order valence-corrected chi connectivity index (χ2v) is 13.7. The molecule has 0 fully saturated rings. The Balaban J connectivity index is 0.00000122. The van der Waals surface area contributed by atoms with Gasteiger partial charge in [-0.2, -0.15) is 0 Å². The molecule has 0 amide bonds. The molecule has 58 heavy (non-hydrogen) atoms. The predicted molar refractivity (Wildman–Crippen MR) is 251 cm³/mol. The Kier molecular flexibility index (Phi) is 14.9. The third-order valence-electron chi connectivity index (χ3n) is 10.6. The van der Waals surface area contributed by atoms with Gasteiger partial charge < -0.3 is 16.2 Å². The highest BCUT2D eigenvalue weighted by Crippen LogP contribution is 2.58. The summed E-state index contributed by atoms with van der Waals surface area (Å²) >= 11 is 0. The lowest BCUT2D eigenvalue weighted by molar-refractivity contribution is 0.461. The minimum atomic E-state index is -0.773. The molecule has 0 bridgehead atoms. The molecule has 0 aliphatic heterocycles. The second kappa shape index (κ2) is 20.4. The van der Waals surface area contributed by atoms with E-state index >= 15 is 0 Å². The Morgan fingerprint density at radius 1 is 0.724 bits per heavy atom. The van der Waals surface area contributed by atoms with Crippen molar-refractivity contribution in [1.29, 1.82) is 0 Å². The summed E-state index contributed by atoms with van der Waals surface area (Å²) in [5, 5.41) is 14.6. The highest BCUT2D eigenvalue weighted by Gasteiger charge is 2.47. The number of fused-ring (bicyclic) bond motifs is 3. The molecular weight excluding hydrogens is 705 g/mol. The van der Waals surface area contributed by atoms with Gasteiger partial charge in [0.1, 0.15) is 0 Å². The molecule has 0 saturated carbocycles. The van der Waals surface area contributed by atoms with E-state index in [1.807, 2.05) is 51.1 Å². The molecule has 3 nitrogen and oxygen atoms in total. The van der Waals surface area contributed by atoms with Gasteiger partial charge >= 0.3 is 0 Å². The van der Waals surface area contributed by atoms with Crippen molar-refractivity contribution in [3.63, 3.8) is 0 Å². The van der Waals surface area contributed by atoms with Crippen molar-refractivity contribution in [1.82, 2.24) is 5.32 Å². The summed E-state index contributed by atoms with van der Waals surface area (Å²) in [7, 11) is 0. The number of aliphatic hydroxyl groups is 1. The van der Waals surface area contributed by atoms with Crippen LogP contribution in [0.5, 0.6) is 0 Å². The first-order valence-corrected chi connectivity index (χ1v) is 20.0. The second-order valence-electron chi connectivity index (χ2n) is 13.7. The summed E-state index contributed by atoms with van der Waals surface area (Å²) in [6, 6.07) is 43.2. The van der Waals surface area contributed by atoms with Gasteiger partial charge in [-0.25, -0.2) is 0 Å². The molecule has 2 aliphatic rings. The van der Waals surface area contributed by atoms with Gasteiger partial charge in [-0.3, -0.25) is 0 Å². The molecular formula is C55H56N2O. The van der Waals surface area contributed by atoms with Gasteiger partial charge in [0.15, 0.2) is 0 Å². The zero-order valence-corrected chi connectivity index (χ0v) is 34.2. The van der Waals surface area contributed by atoms with E-state index in [1.165, 1.54) is 34.7 Å². The van der Waals surface area contributed by atoms with Gasteiger partial charge in [-0.05, 0) is 117 Å². The topological polar surface area (TPSA) is 58.3 Å². The molecule has 4 N–H and O–H groups in total. The van der Waals surface area contributed by atoms with Gasteiger partial charge in [-0.15, -0.1) is 0 Å². The van der Waals surface area contributed by atoms with Crippen LogP contribution >= 0.6 is 0 Å². The first-order chi connectivity index (χ1) is 28.5. The van der Waals surface area contributed by atoms with Crippen LogP contribution in [-0.4, -0.2) is 5.11 Å². The van der Waals surface area contributed by atoms with Crippen LogP contribution in [0.1, 0.15) is 73.0 Å². The molecule has 292 valence electrons. The maximum absolute atomic E-state index is 10.8. The summed E-state index contributed by atoms with van der Waals surface area (Å²) in [5.41, 5.74) is 19.6. The quantitative estimate of drug-likeness (QED) is 0.0877. The molecule has 7 rings (SSSR count). The average Bonchev–Trinajstić information content (AvgIpc) is 3.57. The normalized spacial score (nSPS) is 16.1. The van der Waals surface area contributed by atoms with Crippen molar-refractivity contribution in [2.75, 3.05) is 0 Å². The molecule has 0 saturated heterocycles. The summed E-state index contributed by atoms with van der Waals surface area (Å²) in [4.78, 5) is 0. The fourth-order valence-corrected chi connectivity index (χ4v) is 8.23. The minimum absolute atomic E-state index is 0.0539. The van der Waals surface area contributed by atoms with E-state index in [0.29, 0.717) is 0 Å². The van der Waals surface area contributed by atoms with E-state index in [9.17, 15) is 5.11 Å². The van der Waals surface area contributed by atoms with Crippen LogP contribution < -0.4 is 11.1 Å². The predicted octanol–water partition coefficient (Wildman–Crippen LogP) is 14.1. The van der Waals surface area contributed by atoms with Crippen molar-refractivity contribution >= 4 is 11.6 Å². The van der Waals surface area contributed by atoms with E-state index in [1.54, 1.807) is 6.08 Å². The van der Waals surface area contributed by atoms with Crippen molar-refractivity contribution < 1.29 is 5.11 Å². The highest BCUT2D eigenvalue weighted by atomic mass is 16.2. The molecule has 0 heterocycles. The highest BCUT2D eigenvalue weighted by molar-refractivity contribution is 5.90. The smallest absolute Gasteiger partial charge is 0.0839 e. The van der Waals surface area contributed by atoms with E-state index in [0.717, 1.165) is 68.6 Å². The lowest BCUT2D eigenvalue weighted by Crippen LogP contribution is -2.30. The molecule has 0 radical (unpaired) electrons. The van der Waals surface area contributed by atoms with Crippen molar-refractivity contribution in [2.45, 2.75) is 45.1 Å². The van der Waals surface area contributed by atoms with Crippen LogP contribution in [0.15, 0.2) is 219 Å². The lowest BCUT2D eigenvalue weighted by Gasteiger charge is -2.35. The van der Waals surface area contributed by atoms with E-state index in [4.69, 9.17) is 0 Å². The maximum Gasteiger partial charge on any atom is 0.0839 e. The third-order valence-corrected chi connectivity index (χ3v) is 10.6. The molecule has 0 spiro atoms. The number of benzene rings is 5. The Labute approximate surface area is 346 Å². The van der Waals surface area contributed by atoms with Crippen LogP contribution in [0.3, 0.4) is 0 Å². The van der Waals surface area contributed by atoms with Crippen LogP contribution in [0.2, 0.25) is 0 Å².